The number of nitrogens with one attached hydrogen (secondary N) is 1. The fraction of sp³-hybridized carbons (Fsp3) is 0.250. The Morgan fingerprint density at radius 1 is 1.18 bits per heavy atom. The Labute approximate surface area is 158 Å². The first kappa shape index (κ1) is 18.3. The van der Waals surface area contributed by atoms with Crippen LogP contribution in [0.25, 0.3) is 11.3 Å². The van der Waals surface area contributed by atoms with Crippen LogP contribution in [0, 0.1) is 5.82 Å². The molecule has 2 aromatic carbocycles. The van der Waals surface area contributed by atoms with Crippen molar-refractivity contribution in [2.45, 2.75) is 31.5 Å². The molecule has 8 heteroatoms. The van der Waals surface area contributed by atoms with E-state index in [1.165, 1.54) is 11.8 Å². The summed E-state index contributed by atoms with van der Waals surface area (Å²) in [6.07, 6.45) is -0.901. The predicted molar refractivity (Wildman–Crippen MR) is 97.2 cm³/mol. The lowest BCUT2D eigenvalue weighted by molar-refractivity contribution is -0.137. The Bertz CT molecular complexity index is 1010. The van der Waals surface area contributed by atoms with Gasteiger partial charge in [0.2, 0.25) is 0 Å². The average Bonchev–Trinajstić information content (AvgIpc) is 3.10. The molecule has 1 unspecified atom stereocenters. The number of anilines is 2. The average molecular weight is 391 g/mol. The van der Waals surface area contributed by atoms with Crippen molar-refractivity contribution < 1.29 is 22.0 Å². The molecule has 1 atom stereocenters. The van der Waals surface area contributed by atoms with Gasteiger partial charge in [0.05, 0.1) is 17.3 Å². The van der Waals surface area contributed by atoms with E-state index in [2.05, 4.69) is 16.4 Å². The Morgan fingerprint density at radius 2 is 2.00 bits per heavy atom. The molecule has 1 aromatic heterocycles. The highest BCUT2D eigenvalue weighted by molar-refractivity contribution is 5.59. The second-order valence-corrected chi connectivity index (χ2v) is 6.79. The highest BCUT2D eigenvalue weighted by Gasteiger charge is 2.31. The summed E-state index contributed by atoms with van der Waals surface area (Å²) in [6.45, 7) is 0. The van der Waals surface area contributed by atoms with Crippen LogP contribution in [0.1, 0.15) is 23.1 Å². The van der Waals surface area contributed by atoms with E-state index in [0.29, 0.717) is 12.5 Å². The van der Waals surface area contributed by atoms with Crippen LogP contribution >= 0.6 is 0 Å². The van der Waals surface area contributed by atoms with Crippen molar-refractivity contribution in [1.82, 2.24) is 4.98 Å². The lowest BCUT2D eigenvalue weighted by Gasteiger charge is -2.25. The van der Waals surface area contributed by atoms with E-state index >= 15 is 0 Å². The predicted octanol–water partition coefficient (Wildman–Crippen LogP) is 5.05. The minimum Gasteiger partial charge on any atom is -0.423 e. The molecule has 0 saturated carbocycles. The van der Waals surface area contributed by atoms with Gasteiger partial charge in [0, 0.05) is 11.7 Å². The van der Waals surface area contributed by atoms with E-state index in [9.17, 15) is 17.6 Å². The first-order valence-corrected chi connectivity index (χ1v) is 8.77. The Balaban J connectivity index is 1.51. The second-order valence-electron chi connectivity index (χ2n) is 6.79. The van der Waals surface area contributed by atoms with Crippen LogP contribution in [-0.4, -0.2) is 11.0 Å². The van der Waals surface area contributed by atoms with Gasteiger partial charge in [0.15, 0.2) is 5.76 Å². The van der Waals surface area contributed by atoms with Gasteiger partial charge in [-0.2, -0.15) is 13.2 Å². The van der Waals surface area contributed by atoms with Crippen LogP contribution < -0.4 is 11.1 Å². The number of benzene rings is 2. The minimum absolute atomic E-state index is 0.0427. The summed E-state index contributed by atoms with van der Waals surface area (Å²) in [6, 6.07) is 8.39. The molecule has 28 heavy (non-hydrogen) atoms. The summed E-state index contributed by atoms with van der Waals surface area (Å²) < 4.78 is 57.7. The molecule has 0 amide bonds. The molecule has 4 rings (SSSR count). The highest BCUT2D eigenvalue weighted by atomic mass is 19.4. The van der Waals surface area contributed by atoms with Crippen molar-refractivity contribution in [3.05, 3.63) is 65.1 Å². The normalized spacial score (nSPS) is 16.6. The van der Waals surface area contributed by atoms with Crippen molar-refractivity contribution in [2.24, 2.45) is 0 Å². The van der Waals surface area contributed by atoms with Crippen LogP contribution in [0.3, 0.4) is 0 Å². The summed E-state index contributed by atoms with van der Waals surface area (Å²) >= 11 is 0. The maximum absolute atomic E-state index is 14.1. The molecule has 0 bridgehead atoms. The topological polar surface area (TPSA) is 64.1 Å². The maximum Gasteiger partial charge on any atom is 0.416 e. The number of oxazole rings is 1. The molecule has 4 nitrogen and oxygen atoms in total. The van der Waals surface area contributed by atoms with Crippen molar-refractivity contribution in [1.29, 1.82) is 0 Å². The van der Waals surface area contributed by atoms with Crippen LogP contribution in [0.5, 0.6) is 0 Å². The van der Waals surface area contributed by atoms with Crippen molar-refractivity contribution in [2.75, 3.05) is 11.1 Å². The molecule has 0 fully saturated rings. The Morgan fingerprint density at radius 3 is 2.75 bits per heavy atom. The molecule has 1 aliphatic carbocycles. The molecule has 0 spiro atoms. The maximum atomic E-state index is 14.1. The summed E-state index contributed by atoms with van der Waals surface area (Å²) in [4.78, 5) is 4.08. The number of fused-ring (bicyclic) bond motifs is 1. The largest absolute Gasteiger partial charge is 0.423 e. The number of nitrogens with two attached hydrogens (primary N) is 1. The monoisotopic (exact) mass is 391 g/mol. The lowest BCUT2D eigenvalue weighted by atomic mass is 9.87. The molecule has 0 aliphatic heterocycles. The number of rotatable bonds is 3. The fourth-order valence-corrected chi connectivity index (χ4v) is 3.47. The van der Waals surface area contributed by atoms with E-state index in [-0.39, 0.29) is 23.4 Å². The molecule has 1 heterocycles. The Hall–Kier alpha value is -3.03. The van der Waals surface area contributed by atoms with Crippen LogP contribution in [0.2, 0.25) is 0 Å². The summed E-state index contributed by atoms with van der Waals surface area (Å²) in [7, 11) is 0. The van der Waals surface area contributed by atoms with Gasteiger partial charge in [0.1, 0.15) is 5.82 Å². The van der Waals surface area contributed by atoms with E-state index < -0.39 is 17.6 Å². The quantitative estimate of drug-likeness (QED) is 0.484. The van der Waals surface area contributed by atoms with Gasteiger partial charge in [-0.25, -0.2) is 9.37 Å². The number of nitrogens with zero attached hydrogens (tertiary/aromatic N) is 1. The molecule has 0 radical (unpaired) electrons. The smallest absolute Gasteiger partial charge is 0.416 e. The third-order valence-electron chi connectivity index (χ3n) is 4.92. The summed E-state index contributed by atoms with van der Waals surface area (Å²) in [5.41, 5.74) is 7.97. The SMILES string of the molecule is Nc1cccc2c1CC(Nc1ncc(-c3ccc(C(F)(F)F)cc3F)o1)CC2. The van der Waals surface area contributed by atoms with Gasteiger partial charge in [-0.15, -0.1) is 0 Å². The van der Waals surface area contributed by atoms with Crippen LogP contribution in [0.4, 0.5) is 29.3 Å². The standard InChI is InChI=1S/C20H17F4N3O/c21-16-8-12(20(22,23)24)5-7-14(16)18-10-26-19(28-18)27-13-6-4-11-2-1-3-17(25)15(11)9-13/h1-3,5,7-8,10,13H,4,6,9,25H2,(H,26,27). The van der Waals surface area contributed by atoms with Crippen LogP contribution in [0.15, 0.2) is 47.0 Å². The van der Waals surface area contributed by atoms with Gasteiger partial charge in [-0.1, -0.05) is 12.1 Å². The Kier molecular flexibility index (Phi) is 4.49. The fourth-order valence-electron chi connectivity index (χ4n) is 3.47. The zero-order valence-electron chi connectivity index (χ0n) is 14.7. The number of halogens is 4. The number of aryl methyl sites for hydroxylation is 1. The molecule has 3 aromatic rings. The van der Waals surface area contributed by atoms with Crippen LogP contribution in [-0.2, 0) is 19.0 Å². The first-order chi connectivity index (χ1) is 13.3. The number of hydrogen-bond donors (Lipinski definition) is 2. The van der Waals surface area contributed by atoms with Crippen molar-refractivity contribution >= 4 is 11.7 Å². The van der Waals surface area contributed by atoms with Crippen molar-refractivity contribution in [3.63, 3.8) is 0 Å². The van der Waals surface area contributed by atoms with Gasteiger partial charge in [-0.3, -0.25) is 0 Å². The van der Waals surface area contributed by atoms with Gasteiger partial charge in [0.25, 0.3) is 6.01 Å². The lowest BCUT2D eigenvalue weighted by Crippen LogP contribution is -2.28. The molecular formula is C20H17F4N3O. The number of nitrogen functional groups attached to an aromatic ring is 1. The molecule has 146 valence electrons. The number of aromatic nitrogens is 1. The molecular weight excluding hydrogens is 374 g/mol. The molecule has 3 N–H and O–H groups in total. The zero-order chi connectivity index (χ0) is 19.9. The zero-order valence-corrected chi connectivity index (χ0v) is 14.7. The minimum atomic E-state index is -4.60. The van der Waals surface area contributed by atoms with Gasteiger partial charge in [-0.05, 0) is 54.7 Å². The third-order valence-corrected chi connectivity index (χ3v) is 4.92. The first-order valence-electron chi connectivity index (χ1n) is 8.77. The number of hydrogen-bond acceptors (Lipinski definition) is 4. The van der Waals surface area contributed by atoms with E-state index in [1.54, 1.807) is 0 Å². The van der Waals surface area contributed by atoms with E-state index in [1.807, 2.05) is 12.1 Å². The highest BCUT2D eigenvalue weighted by Crippen LogP contribution is 2.34. The second kappa shape index (κ2) is 6.85. The molecule has 1 aliphatic rings. The third kappa shape index (κ3) is 3.54. The van der Waals surface area contributed by atoms with Gasteiger partial charge < -0.3 is 15.5 Å². The van der Waals surface area contributed by atoms with Gasteiger partial charge >= 0.3 is 6.18 Å². The van der Waals surface area contributed by atoms with E-state index in [0.717, 1.165) is 36.2 Å². The van der Waals surface area contributed by atoms with E-state index in [4.69, 9.17) is 10.2 Å². The number of alkyl halides is 3. The van der Waals surface area contributed by atoms with Crippen molar-refractivity contribution in [3.8, 4) is 11.3 Å². The summed E-state index contributed by atoms with van der Waals surface area (Å²) in [5.74, 6) is -0.957. The summed E-state index contributed by atoms with van der Waals surface area (Å²) in [5, 5.41) is 3.16. The molecule has 0 saturated heterocycles.